The van der Waals surface area contributed by atoms with Crippen LogP contribution in [-0.2, 0) is 7.05 Å². The van der Waals surface area contributed by atoms with Crippen LogP contribution in [-0.4, -0.2) is 20.7 Å². The number of amides is 1. The summed E-state index contributed by atoms with van der Waals surface area (Å²) in [7, 11) is 1.85. The molecule has 23 heavy (non-hydrogen) atoms. The van der Waals surface area contributed by atoms with Gasteiger partial charge in [0, 0.05) is 30.0 Å². The number of hydrogen-bond acceptors (Lipinski definition) is 4. The zero-order valence-corrected chi connectivity index (χ0v) is 13.7. The maximum Gasteiger partial charge on any atom is 0.260 e. The van der Waals surface area contributed by atoms with Crippen LogP contribution in [0.2, 0.25) is 0 Å². The molecule has 0 fully saturated rings. The number of rotatable bonds is 4. The molecule has 6 heteroatoms. The molecule has 0 unspecified atom stereocenters. The van der Waals surface area contributed by atoms with Crippen LogP contribution < -0.4 is 5.32 Å². The molecule has 0 spiro atoms. The Morgan fingerprint density at radius 1 is 1.13 bits per heavy atom. The number of carbonyl (C=O) groups is 1. The largest absolute Gasteiger partial charge is 0.322 e. The fourth-order valence-corrected chi connectivity index (χ4v) is 3.28. The number of aryl methyl sites for hydroxylation is 2. The summed E-state index contributed by atoms with van der Waals surface area (Å²) in [6.07, 6.45) is 3.29. The molecule has 1 N–H and O–H groups in total. The van der Waals surface area contributed by atoms with E-state index in [1.807, 2.05) is 44.3 Å². The minimum atomic E-state index is -0.166. The monoisotopic (exact) mass is 324 g/mol. The normalized spacial score (nSPS) is 10.5. The number of pyridine rings is 1. The molecule has 0 bridgehead atoms. The quantitative estimate of drug-likeness (QED) is 0.797. The van der Waals surface area contributed by atoms with E-state index in [4.69, 9.17) is 0 Å². The average Bonchev–Trinajstić information content (AvgIpc) is 2.83. The van der Waals surface area contributed by atoms with Crippen molar-refractivity contribution in [1.29, 1.82) is 0 Å². The van der Waals surface area contributed by atoms with Gasteiger partial charge in [0.1, 0.15) is 5.03 Å². The van der Waals surface area contributed by atoms with Crippen LogP contribution in [0.25, 0.3) is 0 Å². The van der Waals surface area contributed by atoms with Crippen LogP contribution in [0.1, 0.15) is 16.1 Å². The third-order valence-electron chi connectivity index (χ3n) is 3.29. The first-order valence-electron chi connectivity index (χ1n) is 7.13. The number of hydrogen-bond donors (Lipinski definition) is 1. The number of aromatic nitrogens is 3. The molecule has 0 aliphatic rings. The Bertz CT molecular complexity index is 815. The van der Waals surface area contributed by atoms with Crippen LogP contribution in [0.5, 0.6) is 0 Å². The van der Waals surface area contributed by atoms with E-state index < -0.39 is 0 Å². The highest BCUT2D eigenvalue weighted by molar-refractivity contribution is 7.99. The van der Waals surface area contributed by atoms with Crippen LogP contribution in [0.15, 0.2) is 64.8 Å². The number of nitrogens with zero attached hydrogens (tertiary/aromatic N) is 3. The predicted octanol–water partition coefficient (Wildman–Crippen LogP) is 3.53. The number of benzene rings is 1. The summed E-state index contributed by atoms with van der Waals surface area (Å²) in [6.45, 7) is 1.84. The van der Waals surface area contributed by atoms with Crippen molar-refractivity contribution < 1.29 is 4.79 Å². The summed E-state index contributed by atoms with van der Waals surface area (Å²) in [5.41, 5.74) is 2.01. The summed E-state index contributed by atoms with van der Waals surface area (Å²) in [5.74, 6) is -0.166. The Balaban J connectivity index is 1.91. The molecule has 0 atom stereocenters. The van der Waals surface area contributed by atoms with Crippen molar-refractivity contribution in [3.05, 3.63) is 66.1 Å². The van der Waals surface area contributed by atoms with Gasteiger partial charge in [0.15, 0.2) is 0 Å². The Labute approximate surface area is 138 Å². The van der Waals surface area contributed by atoms with Crippen molar-refractivity contribution >= 4 is 23.4 Å². The van der Waals surface area contributed by atoms with Crippen LogP contribution in [0.4, 0.5) is 5.69 Å². The van der Waals surface area contributed by atoms with Gasteiger partial charge in [0.05, 0.1) is 11.3 Å². The molecule has 0 saturated heterocycles. The van der Waals surface area contributed by atoms with Gasteiger partial charge in [-0.15, -0.1) is 0 Å². The second kappa shape index (κ2) is 6.66. The lowest BCUT2D eigenvalue weighted by Gasteiger charge is -2.07. The molecule has 116 valence electrons. The molecule has 3 aromatic rings. The fourth-order valence-electron chi connectivity index (χ4n) is 2.24. The van der Waals surface area contributed by atoms with Gasteiger partial charge < -0.3 is 5.32 Å². The summed E-state index contributed by atoms with van der Waals surface area (Å²) >= 11 is 1.53. The van der Waals surface area contributed by atoms with E-state index >= 15 is 0 Å². The van der Waals surface area contributed by atoms with Crippen LogP contribution in [0, 0.1) is 6.92 Å². The van der Waals surface area contributed by atoms with E-state index in [0.29, 0.717) is 16.9 Å². The second-order valence-corrected chi connectivity index (χ2v) is 6.06. The first-order valence-corrected chi connectivity index (χ1v) is 7.94. The topological polar surface area (TPSA) is 59.8 Å². The molecule has 1 amide bonds. The zero-order valence-electron chi connectivity index (χ0n) is 12.9. The fraction of sp³-hybridized carbons (Fsp3) is 0.118. The molecule has 5 nitrogen and oxygen atoms in total. The third-order valence-corrected chi connectivity index (χ3v) is 4.46. The van der Waals surface area contributed by atoms with Gasteiger partial charge in [-0.2, -0.15) is 5.10 Å². The molecule has 0 saturated carbocycles. The Kier molecular flexibility index (Phi) is 4.43. The predicted molar refractivity (Wildman–Crippen MR) is 90.7 cm³/mol. The van der Waals surface area contributed by atoms with Gasteiger partial charge in [-0.05, 0) is 31.2 Å². The SMILES string of the molecule is Cc1nn(C)c(Sc2ccccc2)c1C(=O)Nc1ccncc1. The molecule has 3 rings (SSSR count). The van der Waals surface area contributed by atoms with Crippen molar-refractivity contribution in [3.63, 3.8) is 0 Å². The van der Waals surface area contributed by atoms with Crippen LogP contribution in [0.3, 0.4) is 0 Å². The first kappa shape index (κ1) is 15.3. The van der Waals surface area contributed by atoms with Crippen molar-refractivity contribution in [2.75, 3.05) is 5.32 Å². The highest BCUT2D eigenvalue weighted by atomic mass is 32.2. The maximum absolute atomic E-state index is 12.7. The van der Waals surface area contributed by atoms with Gasteiger partial charge in [0.2, 0.25) is 0 Å². The number of anilines is 1. The van der Waals surface area contributed by atoms with E-state index in [9.17, 15) is 4.79 Å². The lowest BCUT2D eigenvalue weighted by Crippen LogP contribution is -2.13. The zero-order chi connectivity index (χ0) is 16.2. The maximum atomic E-state index is 12.7. The van der Waals surface area contributed by atoms with Gasteiger partial charge in [-0.1, -0.05) is 30.0 Å². The molecular weight excluding hydrogens is 308 g/mol. The molecule has 0 aliphatic carbocycles. The molecule has 2 aromatic heterocycles. The summed E-state index contributed by atoms with van der Waals surface area (Å²) in [5, 5.41) is 8.11. The molecular formula is C17H16N4OS. The number of carbonyl (C=O) groups excluding carboxylic acids is 1. The van der Waals surface area contributed by atoms with Crippen molar-refractivity contribution in [2.24, 2.45) is 7.05 Å². The highest BCUT2D eigenvalue weighted by Crippen LogP contribution is 2.31. The Morgan fingerprint density at radius 3 is 2.52 bits per heavy atom. The third kappa shape index (κ3) is 3.43. The van der Waals surface area contributed by atoms with Gasteiger partial charge in [-0.25, -0.2) is 0 Å². The summed E-state index contributed by atoms with van der Waals surface area (Å²) in [6, 6.07) is 13.5. The number of nitrogens with one attached hydrogen (secondary N) is 1. The average molecular weight is 324 g/mol. The van der Waals surface area contributed by atoms with E-state index in [-0.39, 0.29) is 5.91 Å². The molecule has 0 aliphatic heterocycles. The van der Waals surface area contributed by atoms with Crippen molar-refractivity contribution in [1.82, 2.24) is 14.8 Å². The second-order valence-electron chi connectivity index (χ2n) is 4.99. The van der Waals surface area contributed by atoms with Gasteiger partial charge >= 0.3 is 0 Å². The minimum absolute atomic E-state index is 0.166. The van der Waals surface area contributed by atoms with E-state index in [0.717, 1.165) is 9.92 Å². The standard InChI is InChI=1S/C17H16N4OS/c1-12-15(16(22)19-13-8-10-18-11-9-13)17(21(2)20-12)23-14-6-4-3-5-7-14/h3-11H,1-2H3,(H,18,19,22). The van der Waals surface area contributed by atoms with Crippen molar-refractivity contribution in [2.45, 2.75) is 16.8 Å². The lowest BCUT2D eigenvalue weighted by molar-refractivity contribution is 0.102. The minimum Gasteiger partial charge on any atom is -0.322 e. The van der Waals surface area contributed by atoms with Crippen LogP contribution >= 0.6 is 11.8 Å². The molecule has 0 radical (unpaired) electrons. The first-order chi connectivity index (χ1) is 11.1. The van der Waals surface area contributed by atoms with E-state index in [1.54, 1.807) is 29.2 Å². The molecule has 2 heterocycles. The highest BCUT2D eigenvalue weighted by Gasteiger charge is 2.21. The molecule has 1 aromatic carbocycles. The smallest absolute Gasteiger partial charge is 0.260 e. The van der Waals surface area contributed by atoms with E-state index in [2.05, 4.69) is 15.4 Å². The van der Waals surface area contributed by atoms with Gasteiger partial charge in [0.25, 0.3) is 5.91 Å². The summed E-state index contributed by atoms with van der Waals surface area (Å²) < 4.78 is 1.74. The Morgan fingerprint density at radius 2 is 1.83 bits per heavy atom. The van der Waals surface area contributed by atoms with Crippen molar-refractivity contribution in [3.8, 4) is 0 Å². The van der Waals surface area contributed by atoms with Gasteiger partial charge in [-0.3, -0.25) is 14.5 Å². The van der Waals surface area contributed by atoms with E-state index in [1.165, 1.54) is 11.8 Å². The Hall–Kier alpha value is -2.60. The summed E-state index contributed by atoms with van der Waals surface area (Å²) in [4.78, 5) is 17.7. The lowest BCUT2D eigenvalue weighted by atomic mass is 10.2.